The van der Waals surface area contributed by atoms with Crippen LogP contribution >= 0.6 is 0 Å². The van der Waals surface area contributed by atoms with E-state index in [0.29, 0.717) is 37.7 Å². The Morgan fingerprint density at radius 2 is 1.55 bits per heavy atom. The highest BCUT2D eigenvalue weighted by molar-refractivity contribution is 5.52. The van der Waals surface area contributed by atoms with E-state index in [1.165, 1.54) is 12.4 Å². The molecule has 2 fully saturated rings. The summed E-state index contributed by atoms with van der Waals surface area (Å²) in [4.78, 5) is 19.0. The smallest absolute Gasteiger partial charge is 0.411 e. The van der Waals surface area contributed by atoms with Gasteiger partial charge in [0.2, 0.25) is 5.82 Å². The SMILES string of the molecule is FC(F)(F)c1ncc(N2CC3(CCN(c4cncc(-c5nnc(C(F)(F)F)o5)n4)C3)C2)cn1. The number of rotatable bonds is 3. The first-order valence-electron chi connectivity index (χ1n) is 9.65. The van der Waals surface area contributed by atoms with Gasteiger partial charge in [-0.25, -0.2) is 15.0 Å². The molecule has 0 atom stereocenters. The molecule has 0 unspecified atom stereocenters. The molecule has 1 spiro atoms. The van der Waals surface area contributed by atoms with Crippen LogP contribution < -0.4 is 9.80 Å². The summed E-state index contributed by atoms with van der Waals surface area (Å²) in [6, 6.07) is 0. The number of alkyl halides is 6. The fraction of sp³-hybridized carbons (Fsp3) is 0.444. The molecule has 0 aliphatic carbocycles. The quantitative estimate of drug-likeness (QED) is 0.533. The summed E-state index contributed by atoms with van der Waals surface area (Å²) in [6.45, 7) is 2.43. The van der Waals surface area contributed by atoms with E-state index in [0.717, 1.165) is 18.8 Å². The second-order valence-electron chi connectivity index (χ2n) is 7.96. The van der Waals surface area contributed by atoms with Crippen molar-refractivity contribution in [3.8, 4) is 11.6 Å². The Bertz CT molecular complexity index is 1160. The van der Waals surface area contributed by atoms with Crippen molar-refractivity contribution >= 4 is 11.5 Å². The molecule has 3 aromatic rings. The highest BCUT2D eigenvalue weighted by atomic mass is 19.4. The number of aromatic nitrogens is 6. The van der Waals surface area contributed by atoms with E-state index in [9.17, 15) is 26.3 Å². The van der Waals surface area contributed by atoms with E-state index >= 15 is 0 Å². The summed E-state index contributed by atoms with van der Waals surface area (Å²) in [5.41, 5.74) is 0.424. The van der Waals surface area contributed by atoms with Crippen molar-refractivity contribution < 1.29 is 30.8 Å². The first-order chi connectivity index (χ1) is 15.5. The summed E-state index contributed by atoms with van der Waals surface area (Å²) in [5.74, 6) is -2.59. The molecule has 0 bridgehead atoms. The highest BCUT2D eigenvalue weighted by Crippen LogP contribution is 2.43. The molecular weight excluding hydrogens is 458 g/mol. The number of anilines is 2. The largest absolute Gasteiger partial charge is 0.470 e. The fourth-order valence-electron chi connectivity index (χ4n) is 4.02. The first-order valence-corrected chi connectivity index (χ1v) is 9.65. The average molecular weight is 472 g/mol. The molecule has 15 heteroatoms. The highest BCUT2D eigenvalue weighted by Gasteiger charge is 2.48. The van der Waals surface area contributed by atoms with Crippen LogP contribution in [0.15, 0.2) is 29.2 Å². The van der Waals surface area contributed by atoms with E-state index < -0.39 is 24.1 Å². The Kier molecular flexibility index (Phi) is 4.68. The normalized spacial score (nSPS) is 18.1. The lowest BCUT2D eigenvalue weighted by Crippen LogP contribution is -2.57. The molecule has 174 valence electrons. The second-order valence-corrected chi connectivity index (χ2v) is 7.96. The summed E-state index contributed by atoms with van der Waals surface area (Å²) in [6.07, 6.45) is -3.51. The summed E-state index contributed by atoms with van der Waals surface area (Å²) in [7, 11) is 0. The van der Waals surface area contributed by atoms with Crippen LogP contribution in [-0.4, -0.2) is 56.3 Å². The molecule has 2 aliphatic rings. The third-order valence-corrected chi connectivity index (χ3v) is 5.58. The van der Waals surface area contributed by atoms with Crippen LogP contribution in [0.1, 0.15) is 18.1 Å². The average Bonchev–Trinajstić information content (AvgIpc) is 3.40. The van der Waals surface area contributed by atoms with Crippen LogP contribution in [0, 0.1) is 5.41 Å². The van der Waals surface area contributed by atoms with E-state index in [1.807, 2.05) is 9.80 Å². The Morgan fingerprint density at radius 1 is 0.848 bits per heavy atom. The van der Waals surface area contributed by atoms with Gasteiger partial charge in [0.15, 0.2) is 0 Å². The molecule has 2 aliphatic heterocycles. The van der Waals surface area contributed by atoms with E-state index in [2.05, 4.69) is 34.6 Å². The van der Waals surface area contributed by atoms with Gasteiger partial charge in [-0.1, -0.05) is 0 Å². The summed E-state index contributed by atoms with van der Waals surface area (Å²) < 4.78 is 80.6. The molecule has 0 amide bonds. The molecule has 0 aromatic carbocycles. The topological polar surface area (TPSA) is 97.0 Å². The maximum atomic E-state index is 12.7. The Labute approximate surface area is 181 Å². The molecule has 33 heavy (non-hydrogen) atoms. The molecule has 3 aromatic heterocycles. The minimum atomic E-state index is -4.76. The third kappa shape index (κ3) is 4.02. The lowest BCUT2D eigenvalue weighted by atomic mass is 9.79. The number of nitrogens with zero attached hydrogens (tertiary/aromatic N) is 8. The minimum Gasteiger partial charge on any atom is -0.411 e. The van der Waals surface area contributed by atoms with Crippen molar-refractivity contribution in [2.24, 2.45) is 5.41 Å². The van der Waals surface area contributed by atoms with Crippen LogP contribution in [0.2, 0.25) is 0 Å². The maximum absolute atomic E-state index is 12.7. The second kappa shape index (κ2) is 7.25. The maximum Gasteiger partial charge on any atom is 0.470 e. The lowest BCUT2D eigenvalue weighted by molar-refractivity contribution is -0.157. The van der Waals surface area contributed by atoms with Crippen molar-refractivity contribution in [2.75, 3.05) is 36.0 Å². The van der Waals surface area contributed by atoms with Crippen molar-refractivity contribution in [3.05, 3.63) is 36.5 Å². The van der Waals surface area contributed by atoms with E-state index in [1.54, 1.807) is 0 Å². The van der Waals surface area contributed by atoms with Crippen LogP contribution in [0.5, 0.6) is 0 Å². The zero-order chi connectivity index (χ0) is 23.4. The first kappa shape index (κ1) is 21.3. The van der Waals surface area contributed by atoms with E-state index in [-0.39, 0.29) is 17.0 Å². The van der Waals surface area contributed by atoms with Gasteiger partial charge >= 0.3 is 18.2 Å². The van der Waals surface area contributed by atoms with Crippen LogP contribution in [0.25, 0.3) is 11.6 Å². The van der Waals surface area contributed by atoms with Gasteiger partial charge in [-0.05, 0) is 6.42 Å². The van der Waals surface area contributed by atoms with Crippen LogP contribution in [-0.2, 0) is 12.4 Å². The van der Waals surface area contributed by atoms with Gasteiger partial charge in [-0.2, -0.15) is 26.3 Å². The number of hydrogen-bond acceptors (Lipinski definition) is 9. The van der Waals surface area contributed by atoms with Crippen LogP contribution in [0.4, 0.5) is 37.8 Å². The van der Waals surface area contributed by atoms with Crippen LogP contribution in [0.3, 0.4) is 0 Å². The van der Waals surface area contributed by atoms with Gasteiger partial charge in [0, 0.05) is 31.6 Å². The minimum absolute atomic E-state index is 0.0218. The zero-order valence-corrected chi connectivity index (χ0v) is 16.6. The van der Waals surface area contributed by atoms with Gasteiger partial charge in [0.25, 0.3) is 5.89 Å². The molecule has 0 N–H and O–H groups in total. The predicted molar refractivity (Wildman–Crippen MR) is 98.8 cm³/mol. The zero-order valence-electron chi connectivity index (χ0n) is 16.6. The molecule has 5 rings (SSSR count). The Hall–Kier alpha value is -3.52. The molecule has 9 nitrogen and oxygen atoms in total. The van der Waals surface area contributed by atoms with Gasteiger partial charge < -0.3 is 14.2 Å². The molecular formula is C18H14F6N8O. The molecule has 0 radical (unpaired) electrons. The monoisotopic (exact) mass is 472 g/mol. The van der Waals surface area contributed by atoms with Gasteiger partial charge in [-0.15, -0.1) is 10.2 Å². The van der Waals surface area contributed by atoms with Crippen molar-refractivity contribution in [1.82, 2.24) is 30.1 Å². The number of hydrogen-bond donors (Lipinski definition) is 0. The molecule has 2 saturated heterocycles. The van der Waals surface area contributed by atoms with Gasteiger partial charge in [-0.3, -0.25) is 4.98 Å². The van der Waals surface area contributed by atoms with Crippen molar-refractivity contribution in [2.45, 2.75) is 18.8 Å². The lowest BCUT2D eigenvalue weighted by Gasteiger charge is -2.49. The standard InChI is InChI=1S/C18H14F6N8O/c19-17(20,21)14-26-3-10(4-27-14)32-8-16(9-32)1-2-31(7-16)12-6-25-5-11(28-12)13-29-30-15(33-13)18(22,23)24/h3-6H,1-2,7-9H2. The van der Waals surface area contributed by atoms with Gasteiger partial charge in [0.1, 0.15) is 11.5 Å². The summed E-state index contributed by atoms with van der Waals surface area (Å²) in [5, 5.41) is 6.39. The van der Waals surface area contributed by atoms with E-state index in [4.69, 9.17) is 0 Å². The van der Waals surface area contributed by atoms with Gasteiger partial charge in [0.05, 0.1) is 30.5 Å². The Morgan fingerprint density at radius 3 is 2.18 bits per heavy atom. The Balaban J connectivity index is 1.25. The fourth-order valence-corrected chi connectivity index (χ4v) is 4.02. The third-order valence-electron chi connectivity index (χ3n) is 5.58. The summed E-state index contributed by atoms with van der Waals surface area (Å²) >= 11 is 0. The molecule has 5 heterocycles. The van der Waals surface area contributed by atoms with Crippen molar-refractivity contribution in [1.29, 1.82) is 0 Å². The number of halogens is 6. The predicted octanol–water partition coefficient (Wildman–Crippen LogP) is 3.07. The van der Waals surface area contributed by atoms with Crippen molar-refractivity contribution in [3.63, 3.8) is 0 Å². The molecule has 0 saturated carbocycles.